The number of aliphatic hydroxyl groups excluding tert-OH is 2. The Morgan fingerprint density at radius 3 is 2.30 bits per heavy atom. The number of unbranched alkanes of at least 4 members (excludes halogenated alkanes) is 5. The summed E-state index contributed by atoms with van der Waals surface area (Å²) in [6, 6.07) is 0.308. The quantitative estimate of drug-likeness (QED) is 0.539. The van der Waals surface area contributed by atoms with Crippen molar-refractivity contribution in [1.82, 2.24) is 4.90 Å². The van der Waals surface area contributed by atoms with E-state index in [-0.39, 0.29) is 12.1 Å². The molecule has 0 aromatic carbocycles. The van der Waals surface area contributed by atoms with Gasteiger partial charge in [-0.3, -0.25) is 4.90 Å². The predicted octanol–water partition coefficient (Wildman–Crippen LogP) is 3.35. The molecule has 0 spiro atoms. The molecule has 1 unspecified atom stereocenters. The van der Waals surface area contributed by atoms with Gasteiger partial charge in [0.25, 0.3) is 0 Å². The van der Waals surface area contributed by atoms with Crippen molar-refractivity contribution >= 4 is 0 Å². The lowest BCUT2D eigenvalue weighted by Crippen LogP contribution is -2.50. The first-order chi connectivity index (χ1) is 11.0. The molecule has 0 radical (unpaired) electrons. The highest BCUT2D eigenvalue weighted by Gasteiger charge is 2.45. The maximum Gasteiger partial charge on any atom is 0.101 e. The minimum Gasteiger partial charge on any atom is -0.391 e. The summed E-state index contributed by atoms with van der Waals surface area (Å²) < 4.78 is 6.00. The Bertz CT molecular complexity index is 300. The fourth-order valence-electron chi connectivity index (χ4n) is 3.60. The van der Waals surface area contributed by atoms with E-state index in [9.17, 15) is 10.2 Å². The molecule has 2 N–H and O–H groups in total. The molecular weight excluding hydrogens is 290 g/mol. The van der Waals surface area contributed by atoms with Crippen molar-refractivity contribution in [2.45, 2.75) is 109 Å². The molecule has 1 aliphatic carbocycles. The van der Waals surface area contributed by atoms with Crippen molar-refractivity contribution in [3.63, 3.8) is 0 Å². The molecule has 0 aromatic heterocycles. The summed E-state index contributed by atoms with van der Waals surface area (Å²) in [5, 5.41) is 20.6. The van der Waals surface area contributed by atoms with Gasteiger partial charge in [-0.15, -0.1) is 0 Å². The second kappa shape index (κ2) is 11.4. The van der Waals surface area contributed by atoms with Crippen molar-refractivity contribution in [3.05, 3.63) is 0 Å². The Hall–Kier alpha value is -0.160. The van der Waals surface area contributed by atoms with Gasteiger partial charge in [0.1, 0.15) is 6.10 Å². The third-order valence-corrected chi connectivity index (χ3v) is 5.29. The fourth-order valence-corrected chi connectivity index (χ4v) is 3.60. The zero-order valence-electron chi connectivity index (χ0n) is 15.7. The van der Waals surface area contributed by atoms with Gasteiger partial charge in [0.05, 0.1) is 18.2 Å². The van der Waals surface area contributed by atoms with Gasteiger partial charge in [-0.1, -0.05) is 52.4 Å². The van der Waals surface area contributed by atoms with Crippen LogP contribution in [-0.2, 0) is 4.74 Å². The topological polar surface area (TPSA) is 52.9 Å². The van der Waals surface area contributed by atoms with Crippen molar-refractivity contribution in [3.8, 4) is 0 Å². The van der Waals surface area contributed by atoms with E-state index in [4.69, 9.17) is 4.74 Å². The van der Waals surface area contributed by atoms with Crippen LogP contribution in [0.1, 0.15) is 78.6 Å². The van der Waals surface area contributed by atoms with Gasteiger partial charge in [-0.25, -0.2) is 0 Å². The number of hydrogen-bond acceptors (Lipinski definition) is 4. The third-order valence-electron chi connectivity index (χ3n) is 5.29. The molecule has 0 bridgehead atoms. The van der Waals surface area contributed by atoms with Crippen molar-refractivity contribution in [2.75, 3.05) is 13.7 Å². The lowest BCUT2D eigenvalue weighted by atomic mass is 10.0. The van der Waals surface area contributed by atoms with Crippen LogP contribution in [0.4, 0.5) is 0 Å². The number of nitrogens with zero attached hydrogens (tertiary/aromatic N) is 1. The Kier molecular flexibility index (Phi) is 10.4. The van der Waals surface area contributed by atoms with Gasteiger partial charge < -0.3 is 14.9 Å². The molecule has 0 saturated heterocycles. The minimum absolute atomic E-state index is 0.0903. The van der Waals surface area contributed by atoms with Gasteiger partial charge in [-0.2, -0.15) is 0 Å². The first-order valence-electron chi connectivity index (χ1n) is 9.72. The molecule has 0 amide bonds. The van der Waals surface area contributed by atoms with E-state index in [1.165, 1.54) is 38.5 Å². The summed E-state index contributed by atoms with van der Waals surface area (Å²) in [6.45, 7) is 7.30. The molecule has 23 heavy (non-hydrogen) atoms. The highest BCUT2D eigenvalue weighted by atomic mass is 16.5. The van der Waals surface area contributed by atoms with Gasteiger partial charge in [0.15, 0.2) is 0 Å². The first kappa shape index (κ1) is 20.9. The molecule has 138 valence electrons. The average molecular weight is 330 g/mol. The van der Waals surface area contributed by atoms with Crippen LogP contribution in [0.3, 0.4) is 0 Å². The van der Waals surface area contributed by atoms with Gasteiger partial charge in [-0.05, 0) is 26.8 Å². The van der Waals surface area contributed by atoms with E-state index in [1.54, 1.807) is 0 Å². The van der Waals surface area contributed by atoms with E-state index in [2.05, 4.69) is 32.7 Å². The van der Waals surface area contributed by atoms with Crippen molar-refractivity contribution in [2.24, 2.45) is 0 Å². The Morgan fingerprint density at radius 1 is 1.00 bits per heavy atom. The molecular formula is C19H39NO3. The van der Waals surface area contributed by atoms with E-state index in [0.29, 0.717) is 19.1 Å². The Labute approximate surface area is 143 Å². The normalized spacial score (nSPS) is 29.3. The van der Waals surface area contributed by atoms with Gasteiger partial charge in [0.2, 0.25) is 0 Å². The Morgan fingerprint density at radius 2 is 1.65 bits per heavy atom. The molecule has 4 heteroatoms. The van der Waals surface area contributed by atoms with Crippen LogP contribution < -0.4 is 0 Å². The summed E-state index contributed by atoms with van der Waals surface area (Å²) >= 11 is 0. The summed E-state index contributed by atoms with van der Waals surface area (Å²) in [5.74, 6) is 0. The van der Waals surface area contributed by atoms with Crippen LogP contribution >= 0.6 is 0 Å². The van der Waals surface area contributed by atoms with Crippen LogP contribution in [0.2, 0.25) is 0 Å². The molecule has 1 fully saturated rings. The molecule has 0 aliphatic heterocycles. The highest BCUT2D eigenvalue weighted by Crippen LogP contribution is 2.29. The largest absolute Gasteiger partial charge is 0.391 e. The maximum absolute atomic E-state index is 10.4. The number of likely N-dealkylation sites (N-methyl/N-ethyl adjacent to an activating group) is 1. The second-order valence-electron chi connectivity index (χ2n) is 7.27. The number of aliphatic hydroxyl groups is 2. The molecule has 5 atom stereocenters. The zero-order chi connectivity index (χ0) is 17.2. The van der Waals surface area contributed by atoms with Crippen LogP contribution in [0.15, 0.2) is 0 Å². The minimum atomic E-state index is -0.550. The van der Waals surface area contributed by atoms with Crippen molar-refractivity contribution < 1.29 is 14.9 Å². The van der Waals surface area contributed by atoms with Crippen LogP contribution in [-0.4, -0.2) is 59.2 Å². The van der Waals surface area contributed by atoms with E-state index in [0.717, 1.165) is 12.8 Å². The molecule has 1 aliphatic rings. The predicted molar refractivity (Wildman–Crippen MR) is 95.7 cm³/mol. The SMILES string of the molecule is CCCCCCCO[C@@H]1[C@@H](N(C)C(C)CCCC)[C@H](O)C[C@@H]1O. The summed E-state index contributed by atoms with van der Waals surface area (Å²) in [5.41, 5.74) is 0. The van der Waals surface area contributed by atoms with Gasteiger partial charge >= 0.3 is 0 Å². The first-order valence-corrected chi connectivity index (χ1v) is 9.72. The molecule has 0 heterocycles. The van der Waals surface area contributed by atoms with E-state index in [1.807, 2.05) is 0 Å². The number of hydrogen-bond donors (Lipinski definition) is 2. The molecule has 0 aromatic rings. The number of ether oxygens (including phenoxy) is 1. The molecule has 4 nitrogen and oxygen atoms in total. The molecule has 1 rings (SSSR count). The van der Waals surface area contributed by atoms with Crippen LogP contribution in [0, 0.1) is 0 Å². The maximum atomic E-state index is 10.4. The number of rotatable bonds is 12. The average Bonchev–Trinajstić information content (AvgIpc) is 2.81. The van der Waals surface area contributed by atoms with Crippen LogP contribution in [0.25, 0.3) is 0 Å². The monoisotopic (exact) mass is 329 g/mol. The highest BCUT2D eigenvalue weighted by molar-refractivity contribution is 4.99. The zero-order valence-corrected chi connectivity index (χ0v) is 15.7. The summed E-state index contributed by atoms with van der Waals surface area (Å²) in [7, 11) is 2.06. The fraction of sp³-hybridized carbons (Fsp3) is 1.00. The Balaban J connectivity index is 2.47. The van der Waals surface area contributed by atoms with Crippen LogP contribution in [0.5, 0.6) is 0 Å². The smallest absolute Gasteiger partial charge is 0.101 e. The van der Waals surface area contributed by atoms with E-state index >= 15 is 0 Å². The van der Waals surface area contributed by atoms with Gasteiger partial charge in [0, 0.05) is 19.1 Å². The standard InChI is InChI=1S/C19H39NO3/c1-5-7-9-10-11-13-23-19-17(22)14-16(21)18(19)20(4)15(3)12-8-6-2/h15-19,21-22H,5-14H2,1-4H3/t15?,16-,17+,18+,19+/m1/s1. The lowest BCUT2D eigenvalue weighted by molar-refractivity contribution is -0.0661. The van der Waals surface area contributed by atoms with E-state index < -0.39 is 12.2 Å². The lowest BCUT2D eigenvalue weighted by Gasteiger charge is -2.36. The molecule has 1 saturated carbocycles. The van der Waals surface area contributed by atoms with Crippen molar-refractivity contribution in [1.29, 1.82) is 0 Å². The summed E-state index contributed by atoms with van der Waals surface area (Å²) in [4.78, 5) is 2.22. The second-order valence-corrected chi connectivity index (χ2v) is 7.27. The third kappa shape index (κ3) is 6.69. The summed E-state index contributed by atoms with van der Waals surface area (Å²) in [6.07, 6.45) is 8.64.